The van der Waals surface area contributed by atoms with Gasteiger partial charge in [0.2, 0.25) is 0 Å². The average molecular weight is 175 g/mol. The minimum absolute atomic E-state index is 0.139. The maximum absolute atomic E-state index is 12.6. The fourth-order valence-corrected chi connectivity index (χ4v) is 0.887. The van der Waals surface area contributed by atoms with Crippen molar-refractivity contribution < 1.29 is 13.2 Å². The van der Waals surface area contributed by atoms with Gasteiger partial charge in [-0.15, -0.1) is 0 Å². The molecule has 0 aliphatic heterocycles. The van der Waals surface area contributed by atoms with Gasteiger partial charge < -0.3 is 5.73 Å². The van der Waals surface area contributed by atoms with E-state index < -0.39 is 17.8 Å². The van der Waals surface area contributed by atoms with Crippen molar-refractivity contribution in [2.45, 2.75) is 13.0 Å². The zero-order valence-electron chi connectivity index (χ0n) is 6.23. The number of hydrogen-bond donors (Lipinski definition) is 1. The van der Waals surface area contributed by atoms with Crippen molar-refractivity contribution in [1.82, 2.24) is 0 Å². The minimum atomic E-state index is -2.78. The molecule has 1 aromatic rings. The van der Waals surface area contributed by atoms with Crippen LogP contribution in [0.2, 0.25) is 0 Å². The molecule has 0 atom stereocenters. The van der Waals surface area contributed by atoms with Crippen LogP contribution in [0, 0.1) is 5.82 Å². The molecule has 0 fully saturated rings. The molecule has 0 heterocycles. The van der Waals surface area contributed by atoms with Crippen LogP contribution in [0.25, 0.3) is 0 Å². The van der Waals surface area contributed by atoms with E-state index in [-0.39, 0.29) is 6.54 Å². The van der Waals surface area contributed by atoms with E-state index in [1.807, 2.05) is 0 Å². The Hall–Kier alpha value is -1.03. The molecular formula is C8H8F3N. The molecule has 0 saturated heterocycles. The second-order valence-corrected chi connectivity index (χ2v) is 2.36. The van der Waals surface area contributed by atoms with Gasteiger partial charge in [-0.05, 0) is 17.7 Å². The summed E-state index contributed by atoms with van der Waals surface area (Å²) in [4.78, 5) is 0. The van der Waals surface area contributed by atoms with Gasteiger partial charge in [0.1, 0.15) is 5.82 Å². The van der Waals surface area contributed by atoms with Crippen LogP contribution in [0.15, 0.2) is 18.2 Å². The Bertz CT molecular complexity index is 273. The predicted octanol–water partition coefficient (Wildman–Crippen LogP) is 2.22. The van der Waals surface area contributed by atoms with E-state index in [0.717, 1.165) is 12.1 Å². The van der Waals surface area contributed by atoms with E-state index >= 15 is 0 Å². The maximum Gasteiger partial charge on any atom is 0.266 e. The Labute approximate surface area is 68.0 Å². The Kier molecular flexibility index (Phi) is 2.70. The summed E-state index contributed by atoms with van der Waals surface area (Å²) in [5.74, 6) is -0.887. The van der Waals surface area contributed by atoms with E-state index in [1.54, 1.807) is 0 Å². The topological polar surface area (TPSA) is 26.0 Å². The summed E-state index contributed by atoms with van der Waals surface area (Å²) < 4.78 is 36.8. The summed E-state index contributed by atoms with van der Waals surface area (Å²) in [6, 6.07) is 3.48. The van der Waals surface area contributed by atoms with E-state index in [4.69, 9.17) is 5.73 Å². The number of rotatable bonds is 2. The molecule has 0 spiro atoms. The molecule has 0 aliphatic carbocycles. The van der Waals surface area contributed by atoms with Gasteiger partial charge in [0.05, 0.1) is 5.56 Å². The third kappa shape index (κ3) is 1.76. The van der Waals surface area contributed by atoms with Crippen LogP contribution in [-0.2, 0) is 6.54 Å². The quantitative estimate of drug-likeness (QED) is 0.732. The van der Waals surface area contributed by atoms with E-state index in [9.17, 15) is 13.2 Å². The van der Waals surface area contributed by atoms with Crippen LogP contribution in [0.4, 0.5) is 13.2 Å². The van der Waals surface area contributed by atoms with Crippen molar-refractivity contribution in [2.24, 2.45) is 5.73 Å². The molecule has 1 rings (SSSR count). The molecule has 2 N–H and O–H groups in total. The molecule has 0 amide bonds. The first kappa shape index (κ1) is 9.06. The molecule has 0 aromatic heterocycles. The molecule has 66 valence electrons. The highest BCUT2D eigenvalue weighted by molar-refractivity contribution is 5.25. The first-order valence-electron chi connectivity index (χ1n) is 3.41. The summed E-state index contributed by atoms with van der Waals surface area (Å²) in [6.07, 6.45) is -2.78. The smallest absolute Gasteiger partial charge is 0.266 e. The number of alkyl halides is 2. The highest BCUT2D eigenvalue weighted by Gasteiger charge is 2.12. The van der Waals surface area contributed by atoms with Gasteiger partial charge in [-0.2, -0.15) is 0 Å². The lowest BCUT2D eigenvalue weighted by Gasteiger charge is -2.03. The lowest BCUT2D eigenvalue weighted by Crippen LogP contribution is -1.99. The third-order valence-corrected chi connectivity index (χ3v) is 1.53. The molecule has 0 bridgehead atoms. The average Bonchev–Trinajstić information content (AvgIpc) is 2.05. The fraction of sp³-hybridized carbons (Fsp3) is 0.250. The van der Waals surface area contributed by atoms with Crippen LogP contribution in [0.3, 0.4) is 0 Å². The largest absolute Gasteiger partial charge is 0.326 e. The van der Waals surface area contributed by atoms with Crippen LogP contribution >= 0.6 is 0 Å². The standard InChI is InChI=1S/C8H8F3N/c9-7-2-1-5(4-12)3-6(7)8(10)11/h1-3,8H,4,12H2. The Morgan fingerprint density at radius 1 is 1.33 bits per heavy atom. The van der Waals surface area contributed by atoms with E-state index in [2.05, 4.69) is 0 Å². The summed E-state index contributed by atoms with van der Waals surface area (Å²) in [5.41, 5.74) is 5.12. The predicted molar refractivity (Wildman–Crippen MR) is 39.2 cm³/mol. The van der Waals surface area contributed by atoms with Crippen LogP contribution in [0.1, 0.15) is 17.6 Å². The molecule has 0 unspecified atom stereocenters. The number of benzene rings is 1. The molecule has 1 nitrogen and oxygen atoms in total. The monoisotopic (exact) mass is 175 g/mol. The molecule has 0 saturated carbocycles. The van der Waals surface area contributed by atoms with Crippen molar-refractivity contribution >= 4 is 0 Å². The second kappa shape index (κ2) is 3.58. The minimum Gasteiger partial charge on any atom is -0.326 e. The van der Waals surface area contributed by atoms with Crippen molar-refractivity contribution in [3.63, 3.8) is 0 Å². The van der Waals surface area contributed by atoms with Crippen LogP contribution in [0.5, 0.6) is 0 Å². The van der Waals surface area contributed by atoms with Gasteiger partial charge in [0, 0.05) is 6.54 Å². The van der Waals surface area contributed by atoms with Gasteiger partial charge in [-0.3, -0.25) is 0 Å². The van der Waals surface area contributed by atoms with Gasteiger partial charge in [-0.1, -0.05) is 6.07 Å². The zero-order chi connectivity index (χ0) is 9.14. The van der Waals surface area contributed by atoms with Crippen molar-refractivity contribution in [1.29, 1.82) is 0 Å². The number of halogens is 3. The first-order valence-corrected chi connectivity index (χ1v) is 3.41. The van der Waals surface area contributed by atoms with E-state index in [0.29, 0.717) is 5.56 Å². The summed E-state index contributed by atoms with van der Waals surface area (Å²) in [5, 5.41) is 0. The van der Waals surface area contributed by atoms with Crippen LogP contribution < -0.4 is 5.73 Å². The lowest BCUT2D eigenvalue weighted by atomic mass is 10.1. The fourth-order valence-electron chi connectivity index (χ4n) is 0.887. The summed E-state index contributed by atoms with van der Waals surface area (Å²) in [6.45, 7) is 0.139. The summed E-state index contributed by atoms with van der Waals surface area (Å²) in [7, 11) is 0. The van der Waals surface area contributed by atoms with Crippen molar-refractivity contribution in [2.75, 3.05) is 0 Å². The normalized spacial score (nSPS) is 10.8. The maximum atomic E-state index is 12.6. The molecular weight excluding hydrogens is 167 g/mol. The van der Waals surface area contributed by atoms with Gasteiger partial charge >= 0.3 is 0 Å². The zero-order valence-corrected chi connectivity index (χ0v) is 6.23. The van der Waals surface area contributed by atoms with E-state index in [1.165, 1.54) is 6.07 Å². The molecule has 12 heavy (non-hydrogen) atoms. The summed E-state index contributed by atoms with van der Waals surface area (Å²) >= 11 is 0. The first-order chi connectivity index (χ1) is 5.65. The van der Waals surface area contributed by atoms with Crippen molar-refractivity contribution in [3.8, 4) is 0 Å². The lowest BCUT2D eigenvalue weighted by molar-refractivity contribution is 0.146. The van der Waals surface area contributed by atoms with Gasteiger partial charge in [-0.25, -0.2) is 13.2 Å². The van der Waals surface area contributed by atoms with Gasteiger partial charge in [0.25, 0.3) is 6.43 Å². The van der Waals surface area contributed by atoms with Crippen LogP contribution in [-0.4, -0.2) is 0 Å². The Morgan fingerprint density at radius 3 is 2.50 bits per heavy atom. The third-order valence-electron chi connectivity index (χ3n) is 1.53. The highest BCUT2D eigenvalue weighted by Crippen LogP contribution is 2.22. The highest BCUT2D eigenvalue weighted by atomic mass is 19.3. The molecule has 1 aromatic carbocycles. The molecule has 0 aliphatic rings. The van der Waals surface area contributed by atoms with Gasteiger partial charge in [0.15, 0.2) is 0 Å². The van der Waals surface area contributed by atoms with Crippen molar-refractivity contribution in [3.05, 3.63) is 35.1 Å². The Balaban J connectivity index is 3.08. The molecule has 4 heteroatoms. The SMILES string of the molecule is NCc1ccc(F)c(C(F)F)c1. The molecule has 0 radical (unpaired) electrons. The second-order valence-electron chi connectivity index (χ2n) is 2.36. The number of nitrogens with two attached hydrogens (primary N) is 1. The number of hydrogen-bond acceptors (Lipinski definition) is 1. The Morgan fingerprint density at radius 2 is 2.00 bits per heavy atom.